The van der Waals surface area contributed by atoms with Crippen LogP contribution < -0.4 is 5.32 Å². The second-order valence-electron chi connectivity index (χ2n) is 5.50. The third-order valence-corrected chi connectivity index (χ3v) is 4.98. The Kier molecular flexibility index (Phi) is 3.53. The lowest BCUT2D eigenvalue weighted by atomic mass is 9.90. The summed E-state index contributed by atoms with van der Waals surface area (Å²) in [5, 5.41) is 3.54. The molecule has 0 radical (unpaired) electrons. The van der Waals surface area contributed by atoms with Crippen molar-refractivity contribution < 1.29 is 4.79 Å². The van der Waals surface area contributed by atoms with Crippen molar-refractivity contribution in [1.82, 2.24) is 5.32 Å². The summed E-state index contributed by atoms with van der Waals surface area (Å²) in [7, 11) is 0. The Morgan fingerprint density at radius 2 is 2.06 bits per heavy atom. The molecule has 3 rings (SSSR count). The molecule has 0 spiro atoms. The van der Waals surface area contributed by atoms with Gasteiger partial charge in [0.1, 0.15) is 0 Å². The molecule has 1 aliphatic heterocycles. The molecule has 1 heterocycles. The van der Waals surface area contributed by atoms with E-state index in [0.717, 1.165) is 28.4 Å². The van der Waals surface area contributed by atoms with Crippen LogP contribution in [0.2, 0.25) is 0 Å². The van der Waals surface area contributed by atoms with Crippen molar-refractivity contribution in [2.24, 2.45) is 11.8 Å². The molecule has 2 nitrogen and oxygen atoms in total. The molecule has 18 heavy (non-hydrogen) atoms. The topological polar surface area (TPSA) is 29.1 Å². The molecule has 2 fully saturated rings. The van der Waals surface area contributed by atoms with E-state index in [1.807, 2.05) is 24.3 Å². The van der Waals surface area contributed by atoms with Crippen molar-refractivity contribution in [3.8, 4) is 0 Å². The maximum atomic E-state index is 12.2. The summed E-state index contributed by atoms with van der Waals surface area (Å²) in [5.41, 5.74) is 0.835. The second-order valence-corrected chi connectivity index (χ2v) is 6.42. The summed E-state index contributed by atoms with van der Waals surface area (Å²) in [6.07, 6.45) is 4.65. The highest BCUT2D eigenvalue weighted by Gasteiger charge is 2.39. The number of nitrogens with one attached hydrogen (secondary N) is 1. The Balaban J connectivity index is 1.66. The van der Waals surface area contributed by atoms with Crippen molar-refractivity contribution in [2.45, 2.75) is 31.7 Å². The van der Waals surface area contributed by atoms with Gasteiger partial charge in [0.25, 0.3) is 0 Å². The van der Waals surface area contributed by atoms with E-state index in [-0.39, 0.29) is 5.78 Å². The first-order chi connectivity index (χ1) is 8.74. The van der Waals surface area contributed by atoms with Crippen LogP contribution in [0.1, 0.15) is 36.0 Å². The minimum absolute atomic E-state index is 0.271. The van der Waals surface area contributed by atoms with Gasteiger partial charge >= 0.3 is 0 Å². The number of ketones is 1. The number of carbonyl (C=O) groups excluding carboxylic acids is 1. The lowest BCUT2D eigenvalue weighted by Crippen LogP contribution is -2.29. The van der Waals surface area contributed by atoms with E-state index in [2.05, 4.69) is 21.2 Å². The average Bonchev–Trinajstić information content (AvgIpc) is 2.95. The standard InChI is InChI=1S/C15H18BrNO/c16-12-6-4-10(5-7-12)15(18)8-14-13-3-1-2-11(13)9-17-14/h4-7,11,13-14,17H,1-3,8-9H2. The van der Waals surface area contributed by atoms with Crippen LogP contribution in [0, 0.1) is 11.8 Å². The number of hydrogen-bond donors (Lipinski definition) is 1. The van der Waals surface area contributed by atoms with E-state index in [4.69, 9.17) is 0 Å². The Labute approximate surface area is 116 Å². The lowest BCUT2D eigenvalue weighted by Gasteiger charge is -2.17. The molecule has 1 aliphatic carbocycles. The molecular weight excluding hydrogens is 290 g/mol. The first-order valence-corrected chi connectivity index (χ1v) is 7.55. The third kappa shape index (κ3) is 2.39. The zero-order valence-electron chi connectivity index (χ0n) is 10.4. The lowest BCUT2D eigenvalue weighted by molar-refractivity contribution is 0.0963. The molecule has 0 aromatic heterocycles. The van der Waals surface area contributed by atoms with Crippen molar-refractivity contribution in [2.75, 3.05) is 6.54 Å². The number of Topliss-reactive ketones (excluding diaryl/α,β-unsaturated/α-hetero) is 1. The monoisotopic (exact) mass is 307 g/mol. The SMILES string of the molecule is O=C(CC1NCC2CCCC21)c1ccc(Br)cc1. The van der Waals surface area contributed by atoms with Gasteiger partial charge in [-0.15, -0.1) is 0 Å². The summed E-state index contributed by atoms with van der Waals surface area (Å²) in [6, 6.07) is 8.11. The molecule has 0 amide bonds. The third-order valence-electron chi connectivity index (χ3n) is 4.45. The minimum atomic E-state index is 0.271. The van der Waals surface area contributed by atoms with Gasteiger partial charge in [-0.3, -0.25) is 4.79 Å². The minimum Gasteiger partial charge on any atom is -0.313 e. The van der Waals surface area contributed by atoms with Crippen molar-refractivity contribution >= 4 is 21.7 Å². The number of fused-ring (bicyclic) bond motifs is 1. The van der Waals surface area contributed by atoms with Crippen LogP contribution in [0.4, 0.5) is 0 Å². The number of rotatable bonds is 3. The smallest absolute Gasteiger partial charge is 0.164 e. The fraction of sp³-hybridized carbons (Fsp3) is 0.533. The maximum Gasteiger partial charge on any atom is 0.164 e. The van der Waals surface area contributed by atoms with Gasteiger partial charge in [0.15, 0.2) is 5.78 Å². The van der Waals surface area contributed by atoms with Crippen molar-refractivity contribution in [3.05, 3.63) is 34.3 Å². The summed E-state index contributed by atoms with van der Waals surface area (Å²) in [4.78, 5) is 12.2. The molecule has 3 atom stereocenters. The number of hydrogen-bond acceptors (Lipinski definition) is 2. The molecule has 1 saturated carbocycles. The van der Waals surface area contributed by atoms with Gasteiger partial charge in [0.05, 0.1) is 0 Å². The Morgan fingerprint density at radius 1 is 1.28 bits per heavy atom. The molecule has 3 heteroatoms. The van der Waals surface area contributed by atoms with E-state index >= 15 is 0 Å². The number of benzene rings is 1. The quantitative estimate of drug-likeness (QED) is 0.867. The predicted octanol–water partition coefficient (Wildman–Crippen LogP) is 3.41. The molecule has 1 saturated heterocycles. The molecule has 2 aliphatic rings. The normalized spacial score (nSPS) is 30.4. The first-order valence-electron chi connectivity index (χ1n) is 6.76. The van der Waals surface area contributed by atoms with Crippen LogP contribution in [0.5, 0.6) is 0 Å². The number of carbonyl (C=O) groups is 1. The van der Waals surface area contributed by atoms with E-state index in [1.54, 1.807) is 0 Å². The molecule has 96 valence electrons. The zero-order chi connectivity index (χ0) is 12.5. The molecule has 1 aromatic carbocycles. The Bertz CT molecular complexity index is 442. The van der Waals surface area contributed by atoms with Gasteiger partial charge in [-0.05, 0) is 43.4 Å². The van der Waals surface area contributed by atoms with Crippen LogP contribution >= 0.6 is 15.9 Å². The van der Waals surface area contributed by atoms with Crippen LogP contribution in [-0.4, -0.2) is 18.4 Å². The summed E-state index contributed by atoms with van der Waals surface area (Å²) < 4.78 is 1.02. The van der Waals surface area contributed by atoms with Gasteiger partial charge in [0, 0.05) is 22.5 Å². The average molecular weight is 308 g/mol. The second kappa shape index (κ2) is 5.14. The van der Waals surface area contributed by atoms with Gasteiger partial charge < -0.3 is 5.32 Å². The van der Waals surface area contributed by atoms with Gasteiger partial charge in [-0.25, -0.2) is 0 Å². The van der Waals surface area contributed by atoms with Gasteiger partial charge in [-0.2, -0.15) is 0 Å². The number of halogens is 1. The molecule has 0 bridgehead atoms. The summed E-state index contributed by atoms with van der Waals surface area (Å²) in [6.45, 7) is 1.11. The fourth-order valence-corrected chi connectivity index (χ4v) is 3.74. The van der Waals surface area contributed by atoms with E-state index in [0.29, 0.717) is 12.5 Å². The van der Waals surface area contributed by atoms with Crippen LogP contribution in [0.25, 0.3) is 0 Å². The Morgan fingerprint density at radius 3 is 2.83 bits per heavy atom. The largest absolute Gasteiger partial charge is 0.313 e. The Hall–Kier alpha value is -0.670. The first kappa shape index (κ1) is 12.4. The van der Waals surface area contributed by atoms with Crippen molar-refractivity contribution in [1.29, 1.82) is 0 Å². The predicted molar refractivity (Wildman–Crippen MR) is 75.7 cm³/mol. The van der Waals surface area contributed by atoms with Gasteiger partial charge in [0.2, 0.25) is 0 Å². The zero-order valence-corrected chi connectivity index (χ0v) is 11.9. The van der Waals surface area contributed by atoms with Crippen LogP contribution in [0.15, 0.2) is 28.7 Å². The molecular formula is C15H18BrNO. The highest BCUT2D eigenvalue weighted by atomic mass is 79.9. The molecule has 1 N–H and O–H groups in total. The summed E-state index contributed by atoms with van der Waals surface area (Å²) >= 11 is 3.40. The molecule has 3 unspecified atom stereocenters. The van der Waals surface area contributed by atoms with E-state index in [1.165, 1.54) is 19.3 Å². The maximum absolute atomic E-state index is 12.2. The van der Waals surface area contributed by atoms with E-state index in [9.17, 15) is 4.79 Å². The van der Waals surface area contributed by atoms with Gasteiger partial charge in [-0.1, -0.05) is 34.5 Å². The molecule has 1 aromatic rings. The fourth-order valence-electron chi connectivity index (χ4n) is 3.48. The highest BCUT2D eigenvalue weighted by Crippen LogP contribution is 2.38. The van der Waals surface area contributed by atoms with Crippen LogP contribution in [0.3, 0.4) is 0 Å². The summed E-state index contributed by atoms with van der Waals surface area (Å²) in [5.74, 6) is 1.84. The van der Waals surface area contributed by atoms with Crippen molar-refractivity contribution in [3.63, 3.8) is 0 Å². The van der Waals surface area contributed by atoms with Crippen LogP contribution in [-0.2, 0) is 0 Å². The highest BCUT2D eigenvalue weighted by molar-refractivity contribution is 9.10. The van der Waals surface area contributed by atoms with E-state index < -0.39 is 0 Å².